The highest BCUT2D eigenvalue weighted by atomic mass is 19.1. The summed E-state index contributed by atoms with van der Waals surface area (Å²) in [6.07, 6.45) is 6.84. The predicted molar refractivity (Wildman–Crippen MR) is 223 cm³/mol. The zero-order valence-corrected chi connectivity index (χ0v) is 34.0. The van der Waals surface area contributed by atoms with Crippen LogP contribution in [0.4, 0.5) is 10.1 Å². The van der Waals surface area contributed by atoms with Crippen LogP contribution in [0.25, 0.3) is 22.1 Å². The summed E-state index contributed by atoms with van der Waals surface area (Å²) in [5.41, 5.74) is 16.2. The first-order valence-corrected chi connectivity index (χ1v) is 21.7. The number of carbonyl (C=O) groups is 2. The fraction of sp³-hybridized carbons (Fsp3) is 0.511. The average molecular weight is 820 g/mol. The number of amides is 2. The van der Waals surface area contributed by atoms with Crippen molar-refractivity contribution in [3.63, 3.8) is 0 Å². The van der Waals surface area contributed by atoms with Gasteiger partial charge in [-0.05, 0) is 111 Å². The van der Waals surface area contributed by atoms with Crippen molar-refractivity contribution in [2.24, 2.45) is 17.6 Å². The molecule has 5 aliphatic heterocycles. The topological polar surface area (TPSA) is 167 Å². The van der Waals surface area contributed by atoms with Crippen molar-refractivity contribution >= 4 is 39.6 Å². The molecule has 2 amide bonds. The Labute approximate surface area is 348 Å². The maximum absolute atomic E-state index is 14.3. The number of likely N-dealkylation sites (tertiary alicyclic amines) is 2. The largest absolute Gasteiger partial charge is 0.381 e. The number of hydrogen-bond donors (Lipinski definition) is 4. The van der Waals surface area contributed by atoms with E-state index < -0.39 is 12.1 Å². The van der Waals surface area contributed by atoms with Gasteiger partial charge >= 0.3 is 0 Å². The third-order valence-electron chi connectivity index (χ3n) is 13.7. The number of carbonyl (C=O) groups excluding carboxylic acids is 2. The van der Waals surface area contributed by atoms with Crippen molar-refractivity contribution < 1.29 is 28.3 Å². The molecule has 0 aliphatic carbocycles. The van der Waals surface area contributed by atoms with Crippen molar-refractivity contribution in [2.45, 2.75) is 87.6 Å². The molecule has 0 bridgehead atoms. The number of imidazole rings is 2. The summed E-state index contributed by atoms with van der Waals surface area (Å²) in [7, 11) is 1.55. The number of fused-ring (bicyclic) bond motifs is 2. The van der Waals surface area contributed by atoms with Crippen molar-refractivity contribution in [3.8, 4) is 0 Å². The molecule has 8 atom stereocenters. The highest BCUT2D eigenvalue weighted by Crippen LogP contribution is 2.48. The lowest BCUT2D eigenvalue weighted by atomic mass is 9.98. The number of nitrogens with two attached hydrogens (primary N) is 1. The second-order valence-electron chi connectivity index (χ2n) is 17.2. The molecule has 2 aromatic heterocycles. The molecule has 3 aromatic carbocycles. The maximum Gasteiger partial charge on any atom is 0.243 e. The van der Waals surface area contributed by atoms with E-state index in [1.807, 2.05) is 21.9 Å². The minimum absolute atomic E-state index is 0.0104. The van der Waals surface area contributed by atoms with Gasteiger partial charge in [-0.15, -0.1) is 0 Å². The van der Waals surface area contributed by atoms with Crippen LogP contribution in [0.15, 0.2) is 60.7 Å². The van der Waals surface area contributed by atoms with Crippen molar-refractivity contribution in [1.29, 1.82) is 0 Å². The fourth-order valence-electron chi connectivity index (χ4n) is 10.6. The molecule has 14 nitrogen and oxygen atoms in total. The summed E-state index contributed by atoms with van der Waals surface area (Å²) in [4.78, 5) is 56.3. The third-order valence-corrected chi connectivity index (χ3v) is 13.7. The summed E-state index contributed by atoms with van der Waals surface area (Å²) < 4.78 is 25.5. The molecule has 316 valence electrons. The van der Waals surface area contributed by atoms with Gasteiger partial charge in [0, 0.05) is 43.8 Å². The van der Waals surface area contributed by atoms with Crippen LogP contribution in [-0.2, 0) is 23.9 Å². The lowest BCUT2D eigenvalue weighted by Crippen LogP contribution is -2.50. The quantitative estimate of drug-likeness (QED) is 0.118. The first kappa shape index (κ1) is 39.2. The van der Waals surface area contributed by atoms with Crippen LogP contribution in [0.3, 0.4) is 0 Å². The molecule has 0 spiro atoms. The number of halogens is 1. The molecule has 5 aliphatic rings. The van der Waals surface area contributed by atoms with Crippen LogP contribution in [0.1, 0.15) is 98.3 Å². The van der Waals surface area contributed by atoms with Gasteiger partial charge in [-0.2, -0.15) is 5.48 Å². The van der Waals surface area contributed by atoms with Crippen LogP contribution in [0.2, 0.25) is 0 Å². The summed E-state index contributed by atoms with van der Waals surface area (Å²) in [5.74, 6) is 1.38. The average Bonchev–Trinajstić information content (AvgIpc) is 4.13. The van der Waals surface area contributed by atoms with Gasteiger partial charge in [-0.3, -0.25) is 9.59 Å². The molecular weight excluding hydrogens is 766 g/mol. The summed E-state index contributed by atoms with van der Waals surface area (Å²) >= 11 is 0. The summed E-state index contributed by atoms with van der Waals surface area (Å²) in [6.45, 7) is 3.68. The van der Waals surface area contributed by atoms with E-state index in [9.17, 15) is 14.0 Å². The van der Waals surface area contributed by atoms with Crippen LogP contribution >= 0.6 is 0 Å². The number of aromatic nitrogens is 4. The van der Waals surface area contributed by atoms with Gasteiger partial charge in [0.25, 0.3) is 0 Å². The number of rotatable bonds is 11. The van der Waals surface area contributed by atoms with E-state index in [0.717, 1.165) is 102 Å². The molecule has 5 N–H and O–H groups in total. The standard InChI is InChI=1S/C45H54FN9O5/c1-58-52-41(29-17-21-60-25-29)45(57)54-19-3-5-39(54)43-49-33-13-7-27(23-35(33)51-43)37-15-14-36(55(37)31-10-8-30(46)9-11-31)26-6-12-32-34(22-26)50-42(48-32)38-4-2-18-53(38)44(56)40(47)28-16-20-59-24-28/h6-13,22-23,28-29,36-41,52H,2-5,14-21,24-25,47H2,1H3,(H,48,50)(H,49,51)/t28?,29?,36-,37-,38+,39+,40+,41+/m1/s1. The number of nitrogens with zero attached hydrogens (tertiary/aromatic N) is 5. The maximum atomic E-state index is 14.3. The van der Waals surface area contributed by atoms with Crippen LogP contribution < -0.4 is 16.1 Å². The monoisotopic (exact) mass is 819 g/mol. The Kier molecular flexibility index (Phi) is 10.8. The second-order valence-corrected chi connectivity index (χ2v) is 17.2. The van der Waals surface area contributed by atoms with Crippen molar-refractivity contribution in [2.75, 3.05) is 51.5 Å². The highest BCUT2D eigenvalue weighted by molar-refractivity contribution is 5.84. The first-order chi connectivity index (χ1) is 29.3. The zero-order chi connectivity index (χ0) is 40.9. The number of hydrogen-bond acceptors (Lipinski definition) is 10. The van der Waals surface area contributed by atoms with Crippen LogP contribution in [0, 0.1) is 17.7 Å². The Morgan fingerprint density at radius 2 is 1.30 bits per heavy atom. The molecule has 15 heteroatoms. The van der Waals surface area contributed by atoms with E-state index in [-0.39, 0.29) is 53.6 Å². The molecule has 0 radical (unpaired) electrons. The number of ether oxygens (including phenoxy) is 2. The second kappa shape index (κ2) is 16.5. The highest BCUT2D eigenvalue weighted by Gasteiger charge is 2.42. The van der Waals surface area contributed by atoms with E-state index in [0.29, 0.717) is 39.5 Å². The van der Waals surface area contributed by atoms with Gasteiger partial charge in [-0.1, -0.05) is 12.1 Å². The number of anilines is 1. The molecule has 2 unspecified atom stereocenters. The smallest absolute Gasteiger partial charge is 0.243 e. The van der Waals surface area contributed by atoms with Crippen molar-refractivity contribution in [1.82, 2.24) is 35.2 Å². The molecular formula is C45H54FN9O5. The molecule has 5 aromatic rings. The van der Waals surface area contributed by atoms with E-state index >= 15 is 0 Å². The number of nitrogens with one attached hydrogen (secondary N) is 3. The Balaban J connectivity index is 0.914. The van der Waals surface area contributed by atoms with E-state index in [1.165, 1.54) is 12.1 Å². The van der Waals surface area contributed by atoms with Gasteiger partial charge in [0.2, 0.25) is 11.8 Å². The lowest BCUT2D eigenvalue weighted by molar-refractivity contribution is -0.140. The summed E-state index contributed by atoms with van der Waals surface area (Å²) in [5, 5.41) is 0. The first-order valence-electron chi connectivity index (χ1n) is 21.7. The van der Waals surface area contributed by atoms with E-state index in [4.69, 9.17) is 30.0 Å². The molecule has 0 saturated carbocycles. The minimum Gasteiger partial charge on any atom is -0.381 e. The van der Waals surface area contributed by atoms with Crippen LogP contribution in [-0.4, -0.2) is 100 Å². The van der Waals surface area contributed by atoms with Gasteiger partial charge < -0.3 is 44.7 Å². The predicted octanol–water partition coefficient (Wildman–Crippen LogP) is 5.91. The molecule has 5 fully saturated rings. The lowest BCUT2D eigenvalue weighted by Gasteiger charge is -2.33. The number of H-pyrrole nitrogens is 2. The van der Waals surface area contributed by atoms with Crippen molar-refractivity contribution in [3.05, 3.63) is 89.3 Å². The number of aromatic amines is 2. The Morgan fingerprint density at radius 3 is 1.83 bits per heavy atom. The Hall–Kier alpha value is -4.93. The molecule has 60 heavy (non-hydrogen) atoms. The Morgan fingerprint density at radius 1 is 0.750 bits per heavy atom. The third kappa shape index (κ3) is 7.23. The normalized spacial score (nSPS) is 26.9. The molecule has 5 saturated heterocycles. The zero-order valence-electron chi connectivity index (χ0n) is 34.0. The number of benzene rings is 3. The SMILES string of the molecule is CON[C@H](C(=O)N1CCC[C@H]1c1nc2ccc([C@H]3CC[C@H](c4ccc5nc([C@@H]6CCCN6C(=O)[C@@H](N)C6CCOC6)[nH]c5c4)N3c3ccc(F)cc3)cc2[nH]1)C1CCOC1. The van der Waals surface area contributed by atoms with Gasteiger partial charge in [0.05, 0.1) is 72.6 Å². The van der Waals surface area contributed by atoms with Crippen LogP contribution in [0.5, 0.6) is 0 Å². The fourth-order valence-corrected chi connectivity index (χ4v) is 10.6. The van der Waals surface area contributed by atoms with Gasteiger partial charge in [0.1, 0.15) is 23.5 Å². The van der Waals surface area contributed by atoms with E-state index in [1.54, 1.807) is 7.11 Å². The number of hydroxylamine groups is 1. The molecule has 10 rings (SSSR count). The van der Waals surface area contributed by atoms with Gasteiger partial charge in [0.15, 0.2) is 0 Å². The minimum atomic E-state index is -0.574. The molecule has 7 heterocycles. The van der Waals surface area contributed by atoms with Gasteiger partial charge in [-0.25, -0.2) is 14.4 Å². The summed E-state index contributed by atoms with van der Waals surface area (Å²) in [6, 6.07) is 18.2. The Bertz CT molecular complexity index is 2340. The van der Waals surface area contributed by atoms with E-state index in [2.05, 4.69) is 56.7 Å².